The summed E-state index contributed by atoms with van der Waals surface area (Å²) >= 11 is 1.65. The molecule has 118 valence electrons. The van der Waals surface area contributed by atoms with E-state index in [9.17, 15) is 5.11 Å². The van der Waals surface area contributed by atoms with Crippen molar-refractivity contribution in [3.05, 3.63) is 72.6 Å². The number of aliphatic hydroxyl groups is 1. The van der Waals surface area contributed by atoms with Crippen LogP contribution in [0.1, 0.15) is 5.56 Å². The Labute approximate surface area is 143 Å². The quantitative estimate of drug-likeness (QED) is 0.573. The average molecular weight is 333 g/mol. The highest BCUT2D eigenvalue weighted by molar-refractivity contribution is 7.21. The Balaban J connectivity index is 1.74. The minimum Gasteiger partial charge on any atom is -0.392 e. The molecule has 2 N–H and O–H groups in total. The van der Waals surface area contributed by atoms with Crippen LogP contribution in [0.25, 0.3) is 20.7 Å². The van der Waals surface area contributed by atoms with E-state index in [1.807, 2.05) is 42.5 Å². The van der Waals surface area contributed by atoms with E-state index in [0.29, 0.717) is 0 Å². The van der Waals surface area contributed by atoms with Crippen LogP contribution in [0.3, 0.4) is 0 Å². The van der Waals surface area contributed by atoms with Crippen molar-refractivity contribution < 1.29 is 5.11 Å². The van der Waals surface area contributed by atoms with Gasteiger partial charge in [0.05, 0.1) is 12.0 Å². The summed E-state index contributed by atoms with van der Waals surface area (Å²) < 4.78 is 0. The fourth-order valence-corrected chi connectivity index (χ4v) is 3.59. The third-order valence-corrected chi connectivity index (χ3v) is 4.85. The Hall–Kier alpha value is -2.76. The van der Waals surface area contributed by atoms with Crippen molar-refractivity contribution in [3.8, 4) is 10.4 Å². The first kappa shape index (κ1) is 14.8. The molecule has 2 heterocycles. The molecule has 0 aliphatic carbocycles. The van der Waals surface area contributed by atoms with Crippen LogP contribution in [-0.2, 0) is 6.61 Å². The van der Waals surface area contributed by atoms with Crippen LogP contribution >= 0.6 is 11.3 Å². The zero-order chi connectivity index (χ0) is 16.4. The highest BCUT2D eigenvalue weighted by Gasteiger charge is 2.10. The number of aliphatic hydroxyl groups excluding tert-OH is 1. The van der Waals surface area contributed by atoms with Gasteiger partial charge < -0.3 is 10.4 Å². The predicted octanol–water partition coefficient (Wildman–Crippen LogP) is 4.59. The Morgan fingerprint density at radius 3 is 2.67 bits per heavy atom. The second-order valence-electron chi connectivity index (χ2n) is 5.40. The molecule has 0 amide bonds. The van der Waals surface area contributed by atoms with Gasteiger partial charge in [-0.1, -0.05) is 42.5 Å². The van der Waals surface area contributed by atoms with Crippen molar-refractivity contribution >= 4 is 33.1 Å². The molecule has 4 aromatic rings. The molecule has 24 heavy (non-hydrogen) atoms. The maximum absolute atomic E-state index is 9.28. The van der Waals surface area contributed by atoms with Crippen molar-refractivity contribution in [2.75, 3.05) is 5.32 Å². The van der Waals surface area contributed by atoms with E-state index in [0.717, 1.165) is 27.3 Å². The van der Waals surface area contributed by atoms with Crippen LogP contribution in [0.5, 0.6) is 0 Å². The van der Waals surface area contributed by atoms with E-state index < -0.39 is 0 Å². The van der Waals surface area contributed by atoms with Crippen LogP contribution in [0.15, 0.2) is 67.0 Å². The summed E-state index contributed by atoms with van der Waals surface area (Å²) in [5.41, 5.74) is 2.93. The molecule has 4 nitrogen and oxygen atoms in total. The molecule has 0 saturated carbocycles. The van der Waals surface area contributed by atoms with Gasteiger partial charge in [-0.05, 0) is 29.3 Å². The van der Waals surface area contributed by atoms with Crippen molar-refractivity contribution in [1.82, 2.24) is 9.97 Å². The maximum atomic E-state index is 9.28. The lowest BCUT2D eigenvalue weighted by Crippen LogP contribution is -1.95. The van der Waals surface area contributed by atoms with Crippen LogP contribution in [0, 0.1) is 0 Å². The van der Waals surface area contributed by atoms with E-state index in [1.54, 1.807) is 17.7 Å². The molecule has 0 radical (unpaired) electrons. The van der Waals surface area contributed by atoms with Gasteiger partial charge in [0.25, 0.3) is 0 Å². The number of thiophene rings is 1. The number of nitrogens with zero attached hydrogens (tertiary/aromatic N) is 2. The smallest absolute Gasteiger partial charge is 0.142 e. The molecular formula is C19H15N3OS. The normalized spacial score (nSPS) is 10.9. The largest absolute Gasteiger partial charge is 0.392 e. The van der Waals surface area contributed by atoms with Gasteiger partial charge in [0, 0.05) is 10.6 Å². The van der Waals surface area contributed by atoms with Crippen molar-refractivity contribution in [1.29, 1.82) is 0 Å². The predicted molar refractivity (Wildman–Crippen MR) is 98.5 cm³/mol. The van der Waals surface area contributed by atoms with E-state index in [1.165, 1.54) is 10.4 Å². The number of fused-ring (bicyclic) bond motifs is 1. The molecule has 0 unspecified atom stereocenters. The number of anilines is 2. The lowest BCUT2D eigenvalue weighted by atomic mass is 10.2. The van der Waals surface area contributed by atoms with Crippen molar-refractivity contribution in [2.45, 2.75) is 6.61 Å². The number of rotatable bonds is 4. The van der Waals surface area contributed by atoms with Crippen molar-refractivity contribution in [2.24, 2.45) is 0 Å². The second-order valence-corrected chi connectivity index (χ2v) is 6.43. The first-order valence-electron chi connectivity index (χ1n) is 7.60. The minimum atomic E-state index is 0.0192. The first-order chi connectivity index (χ1) is 11.8. The summed E-state index contributed by atoms with van der Waals surface area (Å²) in [5, 5.41) is 13.6. The summed E-state index contributed by atoms with van der Waals surface area (Å²) in [5.74, 6) is 0.772. The second kappa shape index (κ2) is 6.39. The fourth-order valence-electron chi connectivity index (χ4n) is 2.58. The lowest BCUT2D eigenvalue weighted by molar-refractivity contribution is 0.282. The van der Waals surface area contributed by atoms with E-state index in [2.05, 4.69) is 33.5 Å². The molecule has 0 fully saturated rings. The molecule has 0 aliphatic heterocycles. The number of hydrogen-bond acceptors (Lipinski definition) is 5. The summed E-state index contributed by atoms with van der Waals surface area (Å²) in [6.45, 7) is 0.0192. The fraction of sp³-hybridized carbons (Fsp3) is 0.0526. The molecule has 0 atom stereocenters. The zero-order valence-electron chi connectivity index (χ0n) is 12.8. The molecule has 2 aromatic carbocycles. The Morgan fingerprint density at radius 2 is 1.83 bits per heavy atom. The monoisotopic (exact) mass is 333 g/mol. The van der Waals surface area contributed by atoms with E-state index >= 15 is 0 Å². The van der Waals surface area contributed by atoms with Crippen LogP contribution in [0.2, 0.25) is 0 Å². The topological polar surface area (TPSA) is 58.0 Å². The van der Waals surface area contributed by atoms with Gasteiger partial charge in [-0.25, -0.2) is 9.97 Å². The van der Waals surface area contributed by atoms with Gasteiger partial charge in [0.15, 0.2) is 0 Å². The van der Waals surface area contributed by atoms with Crippen LogP contribution < -0.4 is 5.32 Å². The Morgan fingerprint density at radius 1 is 0.958 bits per heavy atom. The molecule has 0 aliphatic rings. The zero-order valence-corrected chi connectivity index (χ0v) is 13.6. The molecule has 0 saturated heterocycles. The van der Waals surface area contributed by atoms with Gasteiger partial charge in [0.1, 0.15) is 17.0 Å². The summed E-state index contributed by atoms with van der Waals surface area (Å²) in [4.78, 5) is 10.9. The number of aromatic nitrogens is 2. The summed E-state index contributed by atoms with van der Waals surface area (Å²) in [6, 6.07) is 20.1. The molecule has 0 bridgehead atoms. The van der Waals surface area contributed by atoms with Gasteiger partial charge >= 0.3 is 0 Å². The molecule has 2 aromatic heterocycles. The Bertz CT molecular complexity index is 982. The summed E-state index contributed by atoms with van der Waals surface area (Å²) in [6.07, 6.45) is 1.58. The first-order valence-corrected chi connectivity index (χ1v) is 8.42. The number of hydrogen-bond donors (Lipinski definition) is 2. The highest BCUT2D eigenvalue weighted by Crippen LogP contribution is 2.35. The Kier molecular flexibility index (Phi) is 3.94. The van der Waals surface area contributed by atoms with E-state index in [4.69, 9.17) is 0 Å². The summed E-state index contributed by atoms with van der Waals surface area (Å²) in [7, 11) is 0. The molecule has 0 spiro atoms. The maximum Gasteiger partial charge on any atom is 0.142 e. The third kappa shape index (κ3) is 2.87. The van der Waals surface area contributed by atoms with Gasteiger partial charge in [-0.2, -0.15) is 0 Å². The van der Waals surface area contributed by atoms with E-state index in [-0.39, 0.29) is 6.61 Å². The van der Waals surface area contributed by atoms with Crippen LogP contribution in [-0.4, -0.2) is 15.1 Å². The van der Waals surface area contributed by atoms with Crippen molar-refractivity contribution in [3.63, 3.8) is 0 Å². The average Bonchev–Trinajstić information content (AvgIpc) is 3.08. The van der Waals surface area contributed by atoms with Gasteiger partial charge in [0.2, 0.25) is 0 Å². The molecule has 4 rings (SSSR count). The SMILES string of the molecule is OCc1cccc(Nc2ncnc3sc(-c4ccccc4)cc23)c1. The van der Waals surface area contributed by atoms with Crippen LogP contribution in [0.4, 0.5) is 11.5 Å². The molecular weight excluding hydrogens is 318 g/mol. The molecule has 5 heteroatoms. The standard InChI is InChI=1S/C19H15N3OS/c23-11-13-5-4-8-15(9-13)22-18-16-10-17(14-6-2-1-3-7-14)24-19(16)21-12-20-18/h1-10,12,23H,11H2,(H,20,21,22). The van der Waals surface area contributed by atoms with Gasteiger partial charge in [-0.15, -0.1) is 11.3 Å². The third-order valence-electron chi connectivity index (χ3n) is 3.76. The van der Waals surface area contributed by atoms with Gasteiger partial charge in [-0.3, -0.25) is 0 Å². The highest BCUT2D eigenvalue weighted by atomic mass is 32.1. The number of nitrogens with one attached hydrogen (secondary N) is 1. The number of benzene rings is 2. The minimum absolute atomic E-state index is 0.0192. The lowest BCUT2D eigenvalue weighted by Gasteiger charge is -2.07.